The van der Waals surface area contributed by atoms with E-state index in [1.807, 2.05) is 0 Å². The molecule has 0 spiro atoms. The van der Waals surface area contributed by atoms with Crippen molar-refractivity contribution in [2.45, 2.75) is 25.2 Å². The predicted molar refractivity (Wildman–Crippen MR) is 79.8 cm³/mol. The molecule has 0 aromatic heterocycles. The minimum Gasteiger partial charge on any atom is -0.381 e. The van der Waals surface area contributed by atoms with E-state index < -0.39 is 0 Å². The molecule has 0 unspecified atom stereocenters. The Balaban J connectivity index is 2.18. The van der Waals surface area contributed by atoms with Gasteiger partial charge in [-0.15, -0.1) is 0 Å². The Morgan fingerprint density at radius 1 is 1.30 bits per heavy atom. The fourth-order valence-corrected chi connectivity index (χ4v) is 2.96. The standard InChI is InChI=1S/C16H24N2O2/c1-13-5-3-4-6-14(13)16(7-9-20-10-8-16)12-18-15(19)11-17-2/h3-6,17H,7-12H2,1-2H3,(H,18,19). The molecule has 0 aliphatic carbocycles. The zero-order chi connectivity index (χ0) is 14.4. The fourth-order valence-electron chi connectivity index (χ4n) is 2.96. The lowest BCUT2D eigenvalue weighted by molar-refractivity contribution is -0.120. The van der Waals surface area contributed by atoms with Crippen LogP contribution in [0.4, 0.5) is 0 Å². The number of carbonyl (C=O) groups is 1. The Morgan fingerprint density at radius 2 is 2.00 bits per heavy atom. The molecule has 1 heterocycles. The summed E-state index contributed by atoms with van der Waals surface area (Å²) in [6.45, 7) is 4.70. The number of aryl methyl sites for hydroxylation is 1. The number of amides is 1. The lowest BCUT2D eigenvalue weighted by Gasteiger charge is -2.39. The van der Waals surface area contributed by atoms with E-state index in [4.69, 9.17) is 4.74 Å². The number of benzene rings is 1. The molecular formula is C16H24N2O2. The molecule has 0 atom stereocenters. The number of ether oxygens (including phenoxy) is 1. The predicted octanol–water partition coefficient (Wildman–Crippen LogP) is 1.38. The van der Waals surface area contributed by atoms with E-state index in [-0.39, 0.29) is 11.3 Å². The SMILES string of the molecule is CNCC(=O)NCC1(c2ccccc2C)CCOCC1. The summed E-state index contributed by atoms with van der Waals surface area (Å²) in [5.74, 6) is 0.0481. The Labute approximate surface area is 120 Å². The Kier molecular flexibility index (Phi) is 5.15. The Morgan fingerprint density at radius 3 is 2.65 bits per heavy atom. The summed E-state index contributed by atoms with van der Waals surface area (Å²) >= 11 is 0. The summed E-state index contributed by atoms with van der Waals surface area (Å²) in [6, 6.07) is 8.47. The topological polar surface area (TPSA) is 50.4 Å². The Hall–Kier alpha value is -1.39. The van der Waals surface area contributed by atoms with E-state index >= 15 is 0 Å². The van der Waals surface area contributed by atoms with Crippen LogP contribution in [-0.4, -0.2) is 39.3 Å². The van der Waals surface area contributed by atoms with Gasteiger partial charge in [0, 0.05) is 25.2 Å². The largest absolute Gasteiger partial charge is 0.381 e. The molecule has 110 valence electrons. The van der Waals surface area contributed by atoms with E-state index in [1.54, 1.807) is 7.05 Å². The molecular weight excluding hydrogens is 252 g/mol. The molecule has 1 aliphatic heterocycles. The summed E-state index contributed by atoms with van der Waals surface area (Å²) in [4.78, 5) is 11.7. The van der Waals surface area contributed by atoms with Crippen LogP contribution in [0.3, 0.4) is 0 Å². The number of carbonyl (C=O) groups excluding carboxylic acids is 1. The summed E-state index contributed by atoms with van der Waals surface area (Å²) < 4.78 is 5.52. The third-order valence-corrected chi connectivity index (χ3v) is 4.13. The lowest BCUT2D eigenvalue weighted by atomic mass is 9.72. The van der Waals surface area contributed by atoms with E-state index in [9.17, 15) is 4.79 Å². The van der Waals surface area contributed by atoms with Crippen molar-refractivity contribution in [2.75, 3.05) is 33.4 Å². The van der Waals surface area contributed by atoms with Crippen molar-refractivity contribution in [2.24, 2.45) is 0 Å². The third kappa shape index (κ3) is 3.38. The van der Waals surface area contributed by atoms with Gasteiger partial charge in [0.1, 0.15) is 0 Å². The van der Waals surface area contributed by atoms with Gasteiger partial charge >= 0.3 is 0 Å². The average Bonchev–Trinajstić information content (AvgIpc) is 2.47. The molecule has 4 heteroatoms. The van der Waals surface area contributed by atoms with Crippen LogP contribution in [0.25, 0.3) is 0 Å². The van der Waals surface area contributed by atoms with Gasteiger partial charge < -0.3 is 15.4 Å². The van der Waals surface area contributed by atoms with E-state index in [0.717, 1.165) is 26.1 Å². The normalized spacial score (nSPS) is 17.7. The minimum atomic E-state index is 0.00694. The van der Waals surface area contributed by atoms with Crippen LogP contribution in [0.5, 0.6) is 0 Å². The molecule has 1 aromatic carbocycles. The first-order chi connectivity index (χ1) is 9.68. The van der Waals surface area contributed by atoms with E-state index in [2.05, 4.69) is 41.8 Å². The quantitative estimate of drug-likeness (QED) is 0.854. The van der Waals surface area contributed by atoms with Crippen molar-refractivity contribution < 1.29 is 9.53 Å². The van der Waals surface area contributed by atoms with E-state index in [1.165, 1.54) is 11.1 Å². The minimum absolute atomic E-state index is 0.00694. The van der Waals surface area contributed by atoms with Gasteiger partial charge in [-0.1, -0.05) is 24.3 Å². The highest BCUT2D eigenvalue weighted by Crippen LogP contribution is 2.36. The lowest BCUT2D eigenvalue weighted by Crippen LogP contribution is -2.46. The second-order valence-corrected chi connectivity index (χ2v) is 5.51. The average molecular weight is 276 g/mol. The monoisotopic (exact) mass is 276 g/mol. The molecule has 1 amide bonds. The van der Waals surface area contributed by atoms with Crippen LogP contribution in [0.2, 0.25) is 0 Å². The fraction of sp³-hybridized carbons (Fsp3) is 0.562. The summed E-state index contributed by atoms with van der Waals surface area (Å²) in [7, 11) is 1.78. The molecule has 20 heavy (non-hydrogen) atoms. The van der Waals surface area contributed by atoms with Crippen LogP contribution in [-0.2, 0) is 14.9 Å². The van der Waals surface area contributed by atoms with Crippen LogP contribution in [0.15, 0.2) is 24.3 Å². The second-order valence-electron chi connectivity index (χ2n) is 5.51. The number of hydrogen-bond acceptors (Lipinski definition) is 3. The summed E-state index contributed by atoms with van der Waals surface area (Å²) in [6.07, 6.45) is 1.91. The van der Waals surface area contributed by atoms with Gasteiger partial charge in [0.15, 0.2) is 0 Å². The molecule has 0 saturated carbocycles. The highest BCUT2D eigenvalue weighted by atomic mass is 16.5. The van der Waals surface area contributed by atoms with Crippen molar-refractivity contribution in [3.63, 3.8) is 0 Å². The molecule has 1 fully saturated rings. The first kappa shape index (κ1) is 15.0. The smallest absolute Gasteiger partial charge is 0.233 e. The number of hydrogen-bond donors (Lipinski definition) is 2. The van der Waals surface area contributed by atoms with Crippen LogP contribution < -0.4 is 10.6 Å². The van der Waals surface area contributed by atoms with Gasteiger partial charge in [-0.25, -0.2) is 0 Å². The van der Waals surface area contributed by atoms with Gasteiger partial charge in [0.05, 0.1) is 6.54 Å². The third-order valence-electron chi connectivity index (χ3n) is 4.13. The summed E-state index contributed by atoms with van der Waals surface area (Å²) in [5, 5.41) is 5.94. The molecule has 2 rings (SSSR count). The first-order valence-electron chi connectivity index (χ1n) is 7.23. The van der Waals surface area contributed by atoms with Crippen LogP contribution in [0, 0.1) is 6.92 Å². The molecule has 4 nitrogen and oxygen atoms in total. The Bertz CT molecular complexity index is 454. The van der Waals surface area contributed by atoms with Crippen molar-refractivity contribution in [3.05, 3.63) is 35.4 Å². The molecule has 2 N–H and O–H groups in total. The number of likely N-dealkylation sites (N-methyl/N-ethyl adjacent to an activating group) is 1. The molecule has 1 saturated heterocycles. The maximum absolute atomic E-state index is 11.7. The van der Waals surface area contributed by atoms with Crippen molar-refractivity contribution in [1.29, 1.82) is 0 Å². The van der Waals surface area contributed by atoms with Crippen LogP contribution >= 0.6 is 0 Å². The maximum atomic E-state index is 11.7. The van der Waals surface area contributed by atoms with Crippen molar-refractivity contribution in [3.8, 4) is 0 Å². The first-order valence-corrected chi connectivity index (χ1v) is 7.23. The van der Waals surface area contributed by atoms with Gasteiger partial charge in [0.2, 0.25) is 5.91 Å². The molecule has 1 aliphatic rings. The van der Waals surface area contributed by atoms with Crippen LogP contribution in [0.1, 0.15) is 24.0 Å². The molecule has 1 aromatic rings. The van der Waals surface area contributed by atoms with E-state index in [0.29, 0.717) is 13.1 Å². The van der Waals surface area contributed by atoms with Crippen molar-refractivity contribution >= 4 is 5.91 Å². The van der Waals surface area contributed by atoms with Gasteiger partial charge in [-0.2, -0.15) is 0 Å². The van der Waals surface area contributed by atoms with Gasteiger partial charge in [-0.05, 0) is 37.9 Å². The highest BCUT2D eigenvalue weighted by molar-refractivity contribution is 5.78. The highest BCUT2D eigenvalue weighted by Gasteiger charge is 2.35. The maximum Gasteiger partial charge on any atom is 0.233 e. The zero-order valence-electron chi connectivity index (χ0n) is 12.4. The summed E-state index contributed by atoms with van der Waals surface area (Å²) in [5.41, 5.74) is 2.64. The molecule has 0 bridgehead atoms. The van der Waals surface area contributed by atoms with Gasteiger partial charge in [-0.3, -0.25) is 4.79 Å². The molecule has 0 radical (unpaired) electrons. The van der Waals surface area contributed by atoms with Crippen molar-refractivity contribution in [1.82, 2.24) is 10.6 Å². The number of rotatable bonds is 5. The second kappa shape index (κ2) is 6.86. The number of nitrogens with one attached hydrogen (secondary N) is 2. The van der Waals surface area contributed by atoms with Gasteiger partial charge in [0.25, 0.3) is 0 Å². The zero-order valence-corrected chi connectivity index (χ0v) is 12.4.